The second kappa shape index (κ2) is 7.16. The molecule has 21 heavy (non-hydrogen) atoms. The number of nitrogens with zero attached hydrogens (tertiary/aromatic N) is 2. The third kappa shape index (κ3) is 3.70. The molecule has 3 rings (SSSR count). The van der Waals surface area contributed by atoms with Gasteiger partial charge in [-0.2, -0.15) is 0 Å². The minimum Gasteiger partial charge on any atom is -0.347 e. The molecule has 1 amide bonds. The first-order chi connectivity index (χ1) is 9.74. The van der Waals surface area contributed by atoms with Gasteiger partial charge in [0.25, 0.3) is 0 Å². The summed E-state index contributed by atoms with van der Waals surface area (Å²) in [5.41, 5.74) is 1.13. The quantitative estimate of drug-likeness (QED) is 0.940. The number of aryl methyl sites for hydroxylation is 1. The van der Waals surface area contributed by atoms with Crippen molar-refractivity contribution < 1.29 is 4.79 Å². The van der Waals surface area contributed by atoms with E-state index in [1.165, 1.54) is 0 Å². The number of benzene rings is 1. The minimum atomic E-state index is 0. The molecule has 6 heteroatoms. The molecule has 1 aromatic heterocycles. The molecule has 1 aliphatic heterocycles. The van der Waals surface area contributed by atoms with Gasteiger partial charge in [0, 0.05) is 61.3 Å². The summed E-state index contributed by atoms with van der Waals surface area (Å²) < 4.78 is 2.12. The van der Waals surface area contributed by atoms with E-state index in [2.05, 4.69) is 9.88 Å². The average molecular weight is 328 g/mol. The molecule has 1 aliphatic rings. The second-order valence-corrected chi connectivity index (χ2v) is 5.53. The van der Waals surface area contributed by atoms with Crippen LogP contribution < -0.4 is 5.32 Å². The predicted molar refractivity (Wildman–Crippen MR) is 88.3 cm³/mol. The number of rotatable bonds is 3. The molecular weight excluding hydrogens is 309 g/mol. The molecule has 1 aromatic carbocycles. The lowest BCUT2D eigenvalue weighted by molar-refractivity contribution is -0.131. The molecule has 2 aromatic rings. The van der Waals surface area contributed by atoms with Gasteiger partial charge in [-0.15, -0.1) is 12.4 Å². The van der Waals surface area contributed by atoms with Gasteiger partial charge in [-0.25, -0.2) is 0 Å². The van der Waals surface area contributed by atoms with Gasteiger partial charge in [0.15, 0.2) is 0 Å². The lowest BCUT2D eigenvalue weighted by Gasteiger charge is -2.27. The van der Waals surface area contributed by atoms with Crippen LogP contribution in [0, 0.1) is 0 Å². The van der Waals surface area contributed by atoms with Gasteiger partial charge in [0.05, 0.1) is 0 Å². The third-order valence-corrected chi connectivity index (χ3v) is 4.00. The highest BCUT2D eigenvalue weighted by Gasteiger charge is 2.15. The van der Waals surface area contributed by atoms with Gasteiger partial charge < -0.3 is 14.8 Å². The van der Waals surface area contributed by atoms with Crippen molar-refractivity contribution in [2.45, 2.75) is 13.0 Å². The molecule has 0 radical (unpaired) electrons. The normalized spacial score (nSPS) is 15.0. The summed E-state index contributed by atoms with van der Waals surface area (Å²) in [5.74, 6) is 0.238. The Balaban J connectivity index is 0.00000161. The highest BCUT2D eigenvalue weighted by Crippen LogP contribution is 2.20. The zero-order chi connectivity index (χ0) is 13.9. The number of nitrogens with one attached hydrogen (secondary N) is 1. The second-order valence-electron chi connectivity index (χ2n) is 5.09. The lowest BCUT2D eigenvalue weighted by atomic mass is 10.2. The monoisotopic (exact) mass is 327 g/mol. The van der Waals surface area contributed by atoms with Crippen molar-refractivity contribution in [3.63, 3.8) is 0 Å². The fourth-order valence-electron chi connectivity index (χ4n) is 2.65. The number of amides is 1. The molecule has 0 saturated carbocycles. The summed E-state index contributed by atoms with van der Waals surface area (Å²) in [5, 5.41) is 5.12. The molecule has 0 atom stereocenters. The Morgan fingerprint density at radius 3 is 2.76 bits per heavy atom. The predicted octanol–water partition coefficient (Wildman–Crippen LogP) is 2.54. The molecule has 0 aliphatic carbocycles. The summed E-state index contributed by atoms with van der Waals surface area (Å²) in [6, 6.07) is 7.88. The number of hydrogen-bond donors (Lipinski definition) is 1. The number of carbonyl (C=O) groups excluding carboxylic acids is 1. The van der Waals surface area contributed by atoms with Crippen molar-refractivity contribution in [2.75, 3.05) is 26.2 Å². The van der Waals surface area contributed by atoms with Crippen molar-refractivity contribution in [3.05, 3.63) is 35.5 Å². The Morgan fingerprint density at radius 2 is 2.00 bits per heavy atom. The van der Waals surface area contributed by atoms with Crippen molar-refractivity contribution in [2.24, 2.45) is 0 Å². The molecule has 1 saturated heterocycles. The molecule has 0 unspecified atom stereocenters. The van der Waals surface area contributed by atoms with Crippen molar-refractivity contribution >= 4 is 40.8 Å². The Bertz CT molecular complexity index is 620. The van der Waals surface area contributed by atoms with Crippen LogP contribution in [0.25, 0.3) is 10.9 Å². The number of hydrogen-bond acceptors (Lipinski definition) is 2. The summed E-state index contributed by atoms with van der Waals surface area (Å²) in [6.45, 7) is 4.16. The number of halogens is 2. The van der Waals surface area contributed by atoms with Crippen molar-refractivity contribution in [1.29, 1.82) is 0 Å². The van der Waals surface area contributed by atoms with Crippen LogP contribution in [0.2, 0.25) is 5.02 Å². The molecule has 114 valence electrons. The van der Waals surface area contributed by atoms with E-state index < -0.39 is 0 Å². The van der Waals surface area contributed by atoms with E-state index >= 15 is 0 Å². The topological polar surface area (TPSA) is 37.3 Å². The van der Waals surface area contributed by atoms with E-state index in [0.717, 1.165) is 42.1 Å². The number of fused-ring (bicyclic) bond motifs is 1. The summed E-state index contributed by atoms with van der Waals surface area (Å²) >= 11 is 5.98. The average Bonchev–Trinajstić information content (AvgIpc) is 2.88. The molecule has 0 bridgehead atoms. The van der Waals surface area contributed by atoms with Crippen LogP contribution in [-0.4, -0.2) is 41.6 Å². The maximum absolute atomic E-state index is 12.1. The van der Waals surface area contributed by atoms with E-state index in [0.29, 0.717) is 13.0 Å². The third-order valence-electron chi connectivity index (χ3n) is 3.77. The number of aromatic nitrogens is 1. The zero-order valence-corrected chi connectivity index (χ0v) is 13.3. The van der Waals surface area contributed by atoms with Crippen LogP contribution in [0.1, 0.15) is 6.42 Å². The Labute approximate surface area is 135 Å². The van der Waals surface area contributed by atoms with Gasteiger partial charge in [-0.05, 0) is 24.3 Å². The van der Waals surface area contributed by atoms with E-state index in [9.17, 15) is 4.79 Å². The van der Waals surface area contributed by atoms with E-state index in [-0.39, 0.29) is 18.3 Å². The fourth-order valence-corrected chi connectivity index (χ4v) is 2.83. The molecular formula is C15H19Cl2N3O. The summed E-state index contributed by atoms with van der Waals surface area (Å²) in [6.07, 6.45) is 2.57. The zero-order valence-electron chi connectivity index (χ0n) is 11.7. The van der Waals surface area contributed by atoms with E-state index in [1.54, 1.807) is 0 Å². The van der Waals surface area contributed by atoms with E-state index in [4.69, 9.17) is 11.6 Å². The molecule has 1 fully saturated rings. The fraction of sp³-hybridized carbons (Fsp3) is 0.400. The SMILES string of the molecule is Cl.O=C(CCn1ccc2cc(Cl)ccc21)N1CCNCC1. The van der Waals surface area contributed by atoms with Crippen LogP contribution >= 0.6 is 24.0 Å². The van der Waals surface area contributed by atoms with Crippen LogP contribution in [0.5, 0.6) is 0 Å². The maximum Gasteiger partial charge on any atom is 0.224 e. The van der Waals surface area contributed by atoms with Crippen molar-refractivity contribution in [3.8, 4) is 0 Å². The van der Waals surface area contributed by atoms with Crippen LogP contribution in [-0.2, 0) is 11.3 Å². The molecule has 4 nitrogen and oxygen atoms in total. The van der Waals surface area contributed by atoms with Crippen LogP contribution in [0.15, 0.2) is 30.5 Å². The highest BCUT2D eigenvalue weighted by atomic mass is 35.5. The first kappa shape index (κ1) is 16.1. The smallest absolute Gasteiger partial charge is 0.224 e. The Morgan fingerprint density at radius 1 is 1.24 bits per heavy atom. The number of piperazine rings is 1. The molecule has 2 heterocycles. The summed E-state index contributed by atoms with van der Waals surface area (Å²) in [4.78, 5) is 14.1. The van der Waals surface area contributed by atoms with Gasteiger partial charge >= 0.3 is 0 Å². The lowest BCUT2D eigenvalue weighted by Crippen LogP contribution is -2.46. The molecule has 1 N–H and O–H groups in total. The largest absolute Gasteiger partial charge is 0.347 e. The van der Waals surface area contributed by atoms with Gasteiger partial charge in [-0.3, -0.25) is 4.79 Å². The molecule has 0 spiro atoms. The summed E-state index contributed by atoms with van der Waals surface area (Å²) in [7, 11) is 0. The standard InChI is InChI=1S/C15H18ClN3O.ClH/c16-13-1-2-14-12(11-13)3-7-18(14)8-4-15(20)19-9-5-17-6-10-19;/h1-3,7,11,17H,4-6,8-10H2;1H. The first-order valence-corrected chi connectivity index (χ1v) is 7.35. The van der Waals surface area contributed by atoms with Gasteiger partial charge in [0.2, 0.25) is 5.91 Å². The van der Waals surface area contributed by atoms with Crippen LogP contribution in [0.4, 0.5) is 0 Å². The first-order valence-electron chi connectivity index (χ1n) is 6.97. The Hall–Kier alpha value is -1.23. The van der Waals surface area contributed by atoms with Gasteiger partial charge in [0.1, 0.15) is 0 Å². The van der Waals surface area contributed by atoms with E-state index in [1.807, 2.05) is 35.4 Å². The highest BCUT2D eigenvalue weighted by molar-refractivity contribution is 6.31. The Kier molecular flexibility index (Phi) is 5.51. The minimum absolute atomic E-state index is 0. The van der Waals surface area contributed by atoms with Crippen LogP contribution in [0.3, 0.4) is 0 Å². The number of carbonyl (C=O) groups is 1. The van der Waals surface area contributed by atoms with Crippen molar-refractivity contribution in [1.82, 2.24) is 14.8 Å². The maximum atomic E-state index is 12.1. The van der Waals surface area contributed by atoms with Gasteiger partial charge in [-0.1, -0.05) is 11.6 Å².